The molecule has 3 heterocycles. The second kappa shape index (κ2) is 7.99. The molecule has 0 atom stereocenters. The van der Waals surface area contributed by atoms with E-state index in [0.717, 1.165) is 4.88 Å². The first-order chi connectivity index (χ1) is 12.1. The van der Waals surface area contributed by atoms with Crippen LogP contribution in [0.4, 0.5) is 0 Å². The molecule has 0 saturated carbocycles. The Morgan fingerprint density at radius 3 is 2.88 bits per heavy atom. The van der Waals surface area contributed by atoms with E-state index in [1.807, 2.05) is 17.5 Å². The monoisotopic (exact) mass is 378 g/mol. The largest absolute Gasteiger partial charge is 0.476 e. The summed E-state index contributed by atoms with van der Waals surface area (Å²) in [6.07, 6.45) is 1.41. The quantitative estimate of drug-likeness (QED) is 0.618. The zero-order valence-corrected chi connectivity index (χ0v) is 14.6. The molecule has 0 aliphatic carbocycles. The second-order valence-corrected chi connectivity index (χ2v) is 6.94. The summed E-state index contributed by atoms with van der Waals surface area (Å²) < 4.78 is 5.17. The topological polar surface area (TPSA) is 118 Å². The van der Waals surface area contributed by atoms with Crippen LogP contribution in [0.15, 0.2) is 27.4 Å². The Hall–Kier alpha value is -2.59. The average Bonchev–Trinajstić information content (AvgIpc) is 3.33. The Balaban J connectivity index is 1.39. The minimum Gasteiger partial charge on any atom is -0.476 e. The lowest BCUT2D eigenvalue weighted by molar-refractivity contribution is -0.121. The first-order valence-corrected chi connectivity index (χ1v) is 9.18. The van der Waals surface area contributed by atoms with E-state index >= 15 is 0 Å². The van der Waals surface area contributed by atoms with Gasteiger partial charge in [-0.2, -0.15) is 4.98 Å². The molecule has 0 aromatic carbocycles. The Morgan fingerprint density at radius 2 is 2.16 bits per heavy atom. The molecule has 0 fully saturated rings. The average molecular weight is 378 g/mol. The van der Waals surface area contributed by atoms with Gasteiger partial charge in [0.05, 0.1) is 11.4 Å². The molecular formula is C15H14N4O4S2. The molecule has 3 aromatic rings. The molecular weight excluding hydrogens is 364 g/mol. The molecule has 0 radical (unpaired) electrons. The van der Waals surface area contributed by atoms with Gasteiger partial charge in [0.2, 0.25) is 17.6 Å². The van der Waals surface area contributed by atoms with E-state index in [2.05, 4.69) is 20.4 Å². The summed E-state index contributed by atoms with van der Waals surface area (Å²) in [5.74, 6) is -0.143. The summed E-state index contributed by atoms with van der Waals surface area (Å²) in [5.41, 5.74) is -0.00723. The minimum absolute atomic E-state index is 0.00723. The fourth-order valence-electron chi connectivity index (χ4n) is 2.02. The number of nitrogens with zero attached hydrogens (tertiary/aromatic N) is 3. The number of aromatic carboxylic acids is 1. The van der Waals surface area contributed by atoms with Crippen LogP contribution >= 0.6 is 22.7 Å². The van der Waals surface area contributed by atoms with Gasteiger partial charge in [0.15, 0.2) is 5.69 Å². The zero-order chi connectivity index (χ0) is 17.6. The Kier molecular flexibility index (Phi) is 5.51. The number of carbonyl (C=O) groups excluding carboxylic acids is 1. The number of nitrogens with one attached hydrogen (secondary N) is 1. The molecule has 2 N–H and O–H groups in total. The molecule has 0 spiro atoms. The Labute approximate surface area is 150 Å². The third-order valence-corrected chi connectivity index (χ3v) is 4.93. The van der Waals surface area contributed by atoms with Gasteiger partial charge in [0, 0.05) is 18.2 Å². The number of thiazole rings is 1. The van der Waals surface area contributed by atoms with Gasteiger partial charge in [-0.3, -0.25) is 4.79 Å². The number of hydrogen-bond donors (Lipinski definition) is 2. The highest BCUT2D eigenvalue weighted by Crippen LogP contribution is 2.21. The highest BCUT2D eigenvalue weighted by molar-refractivity contribution is 7.13. The highest BCUT2D eigenvalue weighted by Gasteiger charge is 2.11. The maximum Gasteiger partial charge on any atom is 0.355 e. The van der Waals surface area contributed by atoms with Crippen LogP contribution in [0.2, 0.25) is 0 Å². The molecule has 0 aliphatic heterocycles. The fraction of sp³-hybridized carbons (Fsp3) is 0.267. The number of aryl methyl sites for hydroxylation is 1. The minimum atomic E-state index is -1.07. The molecule has 130 valence electrons. The van der Waals surface area contributed by atoms with Crippen LogP contribution in [-0.4, -0.2) is 32.1 Å². The van der Waals surface area contributed by atoms with E-state index in [4.69, 9.17) is 9.63 Å². The lowest BCUT2D eigenvalue weighted by Gasteiger charge is -2.01. The number of amides is 1. The number of carbonyl (C=O) groups is 2. The van der Waals surface area contributed by atoms with Crippen LogP contribution in [0, 0.1) is 0 Å². The van der Waals surface area contributed by atoms with Crippen molar-refractivity contribution in [2.24, 2.45) is 0 Å². The van der Waals surface area contributed by atoms with Crippen molar-refractivity contribution < 1.29 is 19.2 Å². The number of carboxylic acids is 1. The molecule has 25 heavy (non-hydrogen) atoms. The summed E-state index contributed by atoms with van der Waals surface area (Å²) in [6, 6.07) is 3.84. The molecule has 0 bridgehead atoms. The molecule has 0 unspecified atom stereocenters. The summed E-state index contributed by atoms with van der Waals surface area (Å²) >= 11 is 2.74. The van der Waals surface area contributed by atoms with Crippen LogP contribution in [0.1, 0.15) is 34.2 Å². The van der Waals surface area contributed by atoms with Gasteiger partial charge in [-0.15, -0.1) is 22.7 Å². The van der Waals surface area contributed by atoms with Crippen LogP contribution in [0.5, 0.6) is 0 Å². The molecule has 8 nitrogen and oxygen atoms in total. The highest BCUT2D eigenvalue weighted by atomic mass is 32.1. The van der Waals surface area contributed by atoms with E-state index in [-0.39, 0.29) is 18.1 Å². The SMILES string of the molecule is O=C(CCCc1nc(-c2cccs2)no1)NCc1nc(C(=O)O)cs1. The Morgan fingerprint density at radius 1 is 1.28 bits per heavy atom. The van der Waals surface area contributed by atoms with E-state index in [9.17, 15) is 9.59 Å². The lowest BCUT2D eigenvalue weighted by Crippen LogP contribution is -2.22. The second-order valence-electron chi connectivity index (χ2n) is 5.05. The summed E-state index contributed by atoms with van der Waals surface area (Å²) in [6.45, 7) is 0.222. The van der Waals surface area contributed by atoms with E-state index in [0.29, 0.717) is 36.0 Å². The molecule has 1 amide bonds. The smallest absolute Gasteiger partial charge is 0.355 e. The lowest BCUT2D eigenvalue weighted by atomic mass is 10.2. The summed E-state index contributed by atoms with van der Waals surface area (Å²) in [5, 5.41) is 19.4. The first-order valence-electron chi connectivity index (χ1n) is 7.42. The number of carboxylic acid groups (broad SMARTS) is 1. The normalized spacial score (nSPS) is 10.7. The van der Waals surface area contributed by atoms with Gasteiger partial charge in [-0.25, -0.2) is 9.78 Å². The number of thiophene rings is 1. The first kappa shape index (κ1) is 17.2. The van der Waals surface area contributed by atoms with Gasteiger partial charge >= 0.3 is 5.97 Å². The summed E-state index contributed by atoms with van der Waals surface area (Å²) in [4.78, 5) is 31.7. The van der Waals surface area contributed by atoms with Gasteiger partial charge in [0.1, 0.15) is 5.01 Å². The standard InChI is InChI=1S/C15H14N4O4S2/c20-11(16-7-13-17-9(8-25-13)15(21)22)4-1-5-12-18-14(19-23-12)10-3-2-6-24-10/h2-3,6,8H,1,4-5,7H2,(H,16,20)(H,21,22). The summed E-state index contributed by atoms with van der Waals surface area (Å²) in [7, 11) is 0. The maximum absolute atomic E-state index is 11.8. The fourth-order valence-corrected chi connectivity index (χ4v) is 3.37. The number of aromatic nitrogens is 3. The van der Waals surface area contributed by atoms with Gasteiger partial charge < -0.3 is 14.9 Å². The van der Waals surface area contributed by atoms with Crippen LogP contribution in [0.3, 0.4) is 0 Å². The van der Waals surface area contributed by atoms with Crippen molar-refractivity contribution in [2.75, 3.05) is 0 Å². The van der Waals surface area contributed by atoms with Crippen molar-refractivity contribution in [3.63, 3.8) is 0 Å². The zero-order valence-electron chi connectivity index (χ0n) is 13.0. The van der Waals surface area contributed by atoms with Crippen molar-refractivity contribution in [2.45, 2.75) is 25.8 Å². The maximum atomic E-state index is 11.8. The third kappa shape index (κ3) is 4.70. The number of rotatable bonds is 8. The predicted molar refractivity (Wildman–Crippen MR) is 91.5 cm³/mol. The van der Waals surface area contributed by atoms with E-state index < -0.39 is 5.97 Å². The van der Waals surface area contributed by atoms with Crippen molar-refractivity contribution in [3.8, 4) is 10.7 Å². The van der Waals surface area contributed by atoms with Crippen molar-refractivity contribution in [3.05, 3.63) is 39.5 Å². The number of hydrogen-bond acceptors (Lipinski definition) is 8. The molecule has 3 aromatic heterocycles. The molecule has 10 heteroatoms. The Bertz CT molecular complexity index is 857. The molecule has 3 rings (SSSR count). The van der Waals surface area contributed by atoms with Crippen LogP contribution < -0.4 is 5.32 Å². The van der Waals surface area contributed by atoms with Gasteiger partial charge in [0.25, 0.3) is 0 Å². The molecule has 0 aliphatic rings. The van der Waals surface area contributed by atoms with Crippen molar-refractivity contribution in [1.29, 1.82) is 0 Å². The van der Waals surface area contributed by atoms with Gasteiger partial charge in [-0.1, -0.05) is 11.2 Å². The predicted octanol–water partition coefficient (Wildman–Crippen LogP) is 2.59. The van der Waals surface area contributed by atoms with Gasteiger partial charge in [-0.05, 0) is 17.9 Å². The van der Waals surface area contributed by atoms with Crippen molar-refractivity contribution >= 4 is 34.6 Å². The van der Waals surface area contributed by atoms with E-state index in [1.165, 1.54) is 28.1 Å². The van der Waals surface area contributed by atoms with E-state index in [1.54, 1.807) is 0 Å². The van der Waals surface area contributed by atoms with Crippen LogP contribution in [-0.2, 0) is 17.8 Å². The van der Waals surface area contributed by atoms with Crippen LogP contribution in [0.25, 0.3) is 10.7 Å². The van der Waals surface area contributed by atoms with Crippen molar-refractivity contribution in [1.82, 2.24) is 20.4 Å². The molecule has 0 saturated heterocycles. The third-order valence-electron chi connectivity index (χ3n) is 3.21.